The molecule has 0 atom stereocenters. The first-order valence-corrected chi connectivity index (χ1v) is 7.04. The van der Waals surface area contributed by atoms with E-state index in [9.17, 15) is 9.90 Å². The molecule has 0 aromatic carbocycles. The number of nitrogens with zero attached hydrogens (tertiary/aromatic N) is 1. The molecule has 1 rings (SSSR count). The number of carbonyl (C=O) groups is 1. The highest BCUT2D eigenvalue weighted by molar-refractivity contribution is 7.13. The molecular weight excluding hydrogens is 234 g/mol. The predicted molar refractivity (Wildman–Crippen MR) is 70.9 cm³/mol. The van der Waals surface area contributed by atoms with Gasteiger partial charge in [0.05, 0.1) is 10.7 Å². The van der Waals surface area contributed by atoms with E-state index in [2.05, 4.69) is 32.7 Å². The fourth-order valence-corrected chi connectivity index (χ4v) is 3.07. The van der Waals surface area contributed by atoms with Crippen molar-refractivity contribution >= 4 is 17.3 Å². The van der Waals surface area contributed by atoms with E-state index in [1.165, 1.54) is 11.3 Å². The third-order valence-electron chi connectivity index (χ3n) is 2.84. The summed E-state index contributed by atoms with van der Waals surface area (Å²) in [6.45, 7) is 8.42. The highest BCUT2D eigenvalue weighted by atomic mass is 32.1. The normalized spacial score (nSPS) is 11.4. The largest absolute Gasteiger partial charge is 0.477 e. The molecule has 0 spiro atoms. The van der Waals surface area contributed by atoms with Gasteiger partial charge in [-0.1, -0.05) is 27.7 Å². The van der Waals surface area contributed by atoms with E-state index in [-0.39, 0.29) is 0 Å². The average Bonchev–Trinajstić information content (AvgIpc) is 2.63. The first kappa shape index (κ1) is 14.2. The molecule has 0 amide bonds. The van der Waals surface area contributed by atoms with Crippen LogP contribution in [0.2, 0.25) is 0 Å². The van der Waals surface area contributed by atoms with Gasteiger partial charge in [0.25, 0.3) is 0 Å². The van der Waals surface area contributed by atoms with Crippen LogP contribution in [0.3, 0.4) is 0 Å². The first-order chi connectivity index (χ1) is 7.99. The summed E-state index contributed by atoms with van der Waals surface area (Å²) >= 11 is 1.36. The molecule has 4 heteroatoms. The van der Waals surface area contributed by atoms with Gasteiger partial charge < -0.3 is 5.11 Å². The number of aromatic carboxylic acids is 1. The minimum absolute atomic E-state index is 0.402. The Kier molecular flexibility index (Phi) is 5.12. The molecule has 3 nitrogen and oxygen atoms in total. The van der Waals surface area contributed by atoms with Crippen LogP contribution in [-0.2, 0) is 6.42 Å². The Balaban J connectivity index is 3.07. The van der Waals surface area contributed by atoms with E-state index < -0.39 is 5.97 Å². The fraction of sp³-hybridized carbons (Fsp3) is 0.692. The van der Waals surface area contributed by atoms with Crippen LogP contribution < -0.4 is 0 Å². The Hall–Kier alpha value is -0.900. The summed E-state index contributed by atoms with van der Waals surface area (Å²) in [6, 6.07) is 0. The van der Waals surface area contributed by atoms with Crippen LogP contribution >= 0.6 is 11.3 Å². The minimum Gasteiger partial charge on any atom is -0.477 e. The van der Waals surface area contributed by atoms with Crippen molar-refractivity contribution in [1.82, 2.24) is 4.98 Å². The molecule has 0 saturated carbocycles. The van der Waals surface area contributed by atoms with Gasteiger partial charge in [0.2, 0.25) is 0 Å². The molecule has 0 fully saturated rings. The van der Waals surface area contributed by atoms with Crippen molar-refractivity contribution in [3.05, 3.63) is 15.6 Å². The Labute approximate surface area is 107 Å². The standard InChI is InChI=1S/C13H21NO2S/c1-5-9(6-2)12-14-10(7-8(3)4)11(17-12)13(15)16/h8-9H,5-7H2,1-4H3,(H,15,16). The van der Waals surface area contributed by atoms with Crippen LogP contribution in [0.1, 0.15) is 66.8 Å². The number of rotatable bonds is 6. The maximum absolute atomic E-state index is 11.2. The summed E-state index contributed by atoms with van der Waals surface area (Å²) in [7, 11) is 0. The quantitative estimate of drug-likeness (QED) is 0.837. The Morgan fingerprint density at radius 1 is 1.35 bits per heavy atom. The van der Waals surface area contributed by atoms with Crippen molar-refractivity contribution in [2.24, 2.45) is 5.92 Å². The van der Waals surface area contributed by atoms with Crippen LogP contribution in [0, 0.1) is 5.92 Å². The lowest BCUT2D eigenvalue weighted by Gasteiger charge is -2.07. The summed E-state index contributed by atoms with van der Waals surface area (Å²) in [5, 5.41) is 10.2. The third-order valence-corrected chi connectivity index (χ3v) is 4.09. The Morgan fingerprint density at radius 2 is 1.94 bits per heavy atom. The summed E-state index contributed by atoms with van der Waals surface area (Å²) in [5.74, 6) is -0.000813. The topological polar surface area (TPSA) is 50.2 Å². The molecule has 1 aromatic rings. The Morgan fingerprint density at radius 3 is 2.35 bits per heavy atom. The van der Waals surface area contributed by atoms with Crippen molar-refractivity contribution in [2.45, 2.75) is 52.9 Å². The van der Waals surface area contributed by atoms with E-state index >= 15 is 0 Å². The van der Waals surface area contributed by atoms with Crippen LogP contribution in [-0.4, -0.2) is 16.1 Å². The van der Waals surface area contributed by atoms with Gasteiger partial charge in [-0.25, -0.2) is 9.78 Å². The number of hydrogen-bond donors (Lipinski definition) is 1. The number of aromatic nitrogens is 1. The minimum atomic E-state index is -0.838. The monoisotopic (exact) mass is 255 g/mol. The highest BCUT2D eigenvalue weighted by Crippen LogP contribution is 2.30. The van der Waals surface area contributed by atoms with E-state index in [0.29, 0.717) is 16.7 Å². The Bertz CT molecular complexity index is 381. The van der Waals surface area contributed by atoms with Gasteiger partial charge in [-0.2, -0.15) is 0 Å². The molecule has 0 radical (unpaired) electrons. The van der Waals surface area contributed by atoms with Crippen molar-refractivity contribution < 1.29 is 9.90 Å². The van der Waals surface area contributed by atoms with Gasteiger partial charge >= 0.3 is 5.97 Å². The fourth-order valence-electron chi connectivity index (χ4n) is 1.87. The van der Waals surface area contributed by atoms with Crippen molar-refractivity contribution in [2.75, 3.05) is 0 Å². The summed E-state index contributed by atoms with van der Waals surface area (Å²) < 4.78 is 0. The van der Waals surface area contributed by atoms with E-state index in [1.807, 2.05) is 0 Å². The molecule has 1 heterocycles. The summed E-state index contributed by atoms with van der Waals surface area (Å²) in [4.78, 5) is 16.2. The zero-order valence-electron chi connectivity index (χ0n) is 11.0. The third kappa shape index (κ3) is 3.53. The molecule has 0 bridgehead atoms. The number of thiazole rings is 1. The number of carboxylic acids is 1. The van der Waals surface area contributed by atoms with Crippen LogP contribution in [0.5, 0.6) is 0 Å². The molecule has 0 aliphatic rings. The molecule has 0 aliphatic heterocycles. The molecule has 1 N–H and O–H groups in total. The second-order valence-corrected chi connectivity index (χ2v) is 5.78. The van der Waals surface area contributed by atoms with Crippen LogP contribution in [0.25, 0.3) is 0 Å². The highest BCUT2D eigenvalue weighted by Gasteiger charge is 2.21. The van der Waals surface area contributed by atoms with Crippen molar-refractivity contribution in [3.63, 3.8) is 0 Å². The summed E-state index contributed by atoms with van der Waals surface area (Å²) in [5.41, 5.74) is 0.763. The van der Waals surface area contributed by atoms with Crippen LogP contribution in [0.4, 0.5) is 0 Å². The maximum Gasteiger partial charge on any atom is 0.347 e. The maximum atomic E-state index is 11.2. The molecule has 0 unspecified atom stereocenters. The SMILES string of the molecule is CCC(CC)c1nc(CC(C)C)c(C(=O)O)s1. The average molecular weight is 255 g/mol. The van der Waals surface area contributed by atoms with Gasteiger partial charge in [-0.3, -0.25) is 0 Å². The van der Waals surface area contributed by atoms with Gasteiger partial charge in [0.15, 0.2) is 0 Å². The van der Waals surface area contributed by atoms with Gasteiger partial charge in [0, 0.05) is 5.92 Å². The summed E-state index contributed by atoms with van der Waals surface area (Å²) in [6.07, 6.45) is 2.78. The van der Waals surface area contributed by atoms with E-state index in [4.69, 9.17) is 0 Å². The van der Waals surface area contributed by atoms with E-state index in [1.54, 1.807) is 0 Å². The molecule has 1 aromatic heterocycles. The number of hydrogen-bond acceptors (Lipinski definition) is 3. The zero-order valence-corrected chi connectivity index (χ0v) is 11.8. The molecule has 0 aliphatic carbocycles. The van der Waals surface area contributed by atoms with Crippen molar-refractivity contribution in [3.8, 4) is 0 Å². The molecule has 96 valence electrons. The van der Waals surface area contributed by atoms with Crippen LogP contribution in [0.15, 0.2) is 0 Å². The lowest BCUT2D eigenvalue weighted by Crippen LogP contribution is -2.03. The predicted octanol–water partition coefficient (Wildman–Crippen LogP) is 3.94. The second kappa shape index (κ2) is 6.15. The van der Waals surface area contributed by atoms with Crippen molar-refractivity contribution in [1.29, 1.82) is 0 Å². The smallest absolute Gasteiger partial charge is 0.347 e. The zero-order chi connectivity index (χ0) is 13.0. The molecular formula is C13H21NO2S. The van der Waals surface area contributed by atoms with Gasteiger partial charge in [-0.05, 0) is 25.2 Å². The lowest BCUT2D eigenvalue weighted by molar-refractivity contribution is 0.0700. The molecule has 17 heavy (non-hydrogen) atoms. The lowest BCUT2D eigenvalue weighted by atomic mass is 10.0. The van der Waals surface area contributed by atoms with E-state index in [0.717, 1.165) is 30.0 Å². The van der Waals surface area contributed by atoms with Gasteiger partial charge in [0.1, 0.15) is 4.88 Å². The number of carboxylic acid groups (broad SMARTS) is 1. The van der Waals surface area contributed by atoms with Gasteiger partial charge in [-0.15, -0.1) is 11.3 Å². The molecule has 0 saturated heterocycles. The second-order valence-electron chi connectivity index (χ2n) is 4.74. The first-order valence-electron chi connectivity index (χ1n) is 6.22.